The summed E-state index contributed by atoms with van der Waals surface area (Å²) >= 11 is 1.29. The summed E-state index contributed by atoms with van der Waals surface area (Å²) in [7, 11) is -1.67. The molecule has 0 amide bonds. The fourth-order valence-electron chi connectivity index (χ4n) is 1.81. The van der Waals surface area contributed by atoms with Crippen molar-refractivity contribution < 1.29 is 8.42 Å². The van der Waals surface area contributed by atoms with Gasteiger partial charge in [-0.15, -0.1) is 11.3 Å². The van der Waals surface area contributed by atoms with Gasteiger partial charge < -0.3 is 5.32 Å². The molecule has 2 heterocycles. The maximum atomic E-state index is 12.4. The van der Waals surface area contributed by atoms with Crippen molar-refractivity contribution in [2.45, 2.75) is 30.6 Å². The normalized spacial score (nSPS) is 13.6. The van der Waals surface area contributed by atoms with Gasteiger partial charge in [-0.05, 0) is 32.5 Å². The molecule has 0 aliphatic rings. The molecule has 110 valence electrons. The van der Waals surface area contributed by atoms with Crippen LogP contribution in [0.5, 0.6) is 0 Å². The summed E-state index contributed by atoms with van der Waals surface area (Å²) in [6.07, 6.45) is 3.29. The Morgan fingerprint density at radius 1 is 1.50 bits per heavy atom. The minimum absolute atomic E-state index is 0.325. The molecule has 2 aromatic heterocycles. The number of rotatable bonds is 6. The Balaban J connectivity index is 2.20. The molecule has 3 N–H and O–H groups in total. The molecule has 0 aromatic carbocycles. The molecule has 1 unspecified atom stereocenters. The van der Waals surface area contributed by atoms with Crippen molar-refractivity contribution in [2.75, 3.05) is 7.05 Å². The van der Waals surface area contributed by atoms with E-state index in [1.54, 1.807) is 25.4 Å². The van der Waals surface area contributed by atoms with Gasteiger partial charge in [0.1, 0.15) is 4.21 Å². The van der Waals surface area contributed by atoms with Gasteiger partial charge in [0.05, 0.1) is 6.20 Å². The van der Waals surface area contributed by atoms with E-state index in [1.165, 1.54) is 11.3 Å². The second kappa shape index (κ2) is 6.04. The van der Waals surface area contributed by atoms with Crippen LogP contribution in [0.25, 0.3) is 0 Å². The van der Waals surface area contributed by atoms with Crippen LogP contribution in [-0.2, 0) is 16.6 Å². The summed E-state index contributed by atoms with van der Waals surface area (Å²) in [5, 5.41) is 9.53. The Morgan fingerprint density at radius 3 is 2.85 bits per heavy atom. The van der Waals surface area contributed by atoms with E-state index in [4.69, 9.17) is 0 Å². The van der Waals surface area contributed by atoms with Gasteiger partial charge in [-0.1, -0.05) is 0 Å². The number of aryl methyl sites for hydroxylation is 1. The maximum Gasteiger partial charge on any atom is 0.250 e. The van der Waals surface area contributed by atoms with Crippen molar-refractivity contribution in [3.8, 4) is 0 Å². The van der Waals surface area contributed by atoms with Gasteiger partial charge in [0.15, 0.2) is 0 Å². The van der Waals surface area contributed by atoms with Crippen LogP contribution in [0.2, 0.25) is 0 Å². The zero-order valence-electron chi connectivity index (χ0n) is 11.6. The SMILES string of the molecule is CNCc1sc(S(=O)(=O)NC(C)c2cn[nH]c2)cc1C. The lowest BCUT2D eigenvalue weighted by atomic mass is 10.2. The monoisotopic (exact) mass is 314 g/mol. The van der Waals surface area contributed by atoms with E-state index >= 15 is 0 Å². The molecule has 0 aliphatic heterocycles. The van der Waals surface area contributed by atoms with Crippen molar-refractivity contribution in [3.05, 3.63) is 34.5 Å². The first-order valence-corrected chi connectivity index (χ1v) is 8.49. The average Bonchev–Trinajstić information content (AvgIpc) is 3.00. The van der Waals surface area contributed by atoms with Crippen molar-refractivity contribution in [3.63, 3.8) is 0 Å². The number of nitrogens with zero attached hydrogens (tertiary/aromatic N) is 1. The zero-order chi connectivity index (χ0) is 14.8. The molecular weight excluding hydrogens is 296 g/mol. The number of sulfonamides is 1. The molecule has 20 heavy (non-hydrogen) atoms. The van der Waals surface area contributed by atoms with E-state index in [0.717, 1.165) is 16.0 Å². The molecule has 0 saturated carbocycles. The van der Waals surface area contributed by atoms with Crippen molar-refractivity contribution in [2.24, 2.45) is 0 Å². The summed E-state index contributed by atoms with van der Waals surface area (Å²) in [6, 6.07) is 1.38. The quantitative estimate of drug-likeness (QED) is 0.755. The van der Waals surface area contributed by atoms with Crippen LogP contribution in [0.15, 0.2) is 22.7 Å². The first kappa shape index (κ1) is 15.2. The van der Waals surface area contributed by atoms with Crippen LogP contribution in [0.3, 0.4) is 0 Å². The van der Waals surface area contributed by atoms with Gasteiger partial charge >= 0.3 is 0 Å². The number of hydrogen-bond acceptors (Lipinski definition) is 5. The molecule has 0 saturated heterocycles. The second-order valence-electron chi connectivity index (χ2n) is 4.58. The minimum Gasteiger partial charge on any atom is -0.315 e. The Labute approximate surface area is 122 Å². The van der Waals surface area contributed by atoms with E-state index in [1.807, 2.05) is 14.0 Å². The largest absolute Gasteiger partial charge is 0.315 e. The third-order valence-corrected chi connectivity index (χ3v) is 6.20. The van der Waals surface area contributed by atoms with E-state index < -0.39 is 10.0 Å². The van der Waals surface area contributed by atoms with E-state index in [2.05, 4.69) is 20.2 Å². The van der Waals surface area contributed by atoms with Crippen LogP contribution in [0, 0.1) is 6.92 Å². The highest BCUT2D eigenvalue weighted by Gasteiger charge is 2.22. The minimum atomic E-state index is -3.51. The van der Waals surface area contributed by atoms with E-state index in [0.29, 0.717) is 10.8 Å². The summed E-state index contributed by atoms with van der Waals surface area (Å²) in [4.78, 5) is 1.03. The third-order valence-electron chi connectivity index (χ3n) is 2.95. The lowest BCUT2D eigenvalue weighted by Crippen LogP contribution is -2.26. The summed E-state index contributed by atoms with van der Waals surface area (Å²) in [6.45, 7) is 4.38. The lowest BCUT2D eigenvalue weighted by molar-refractivity contribution is 0.569. The smallest absolute Gasteiger partial charge is 0.250 e. The van der Waals surface area contributed by atoms with E-state index in [9.17, 15) is 8.42 Å². The molecule has 0 bridgehead atoms. The Bertz CT molecular complexity index is 662. The van der Waals surface area contributed by atoms with Gasteiger partial charge in [-0.25, -0.2) is 13.1 Å². The second-order valence-corrected chi connectivity index (χ2v) is 7.65. The first-order valence-electron chi connectivity index (χ1n) is 6.19. The lowest BCUT2D eigenvalue weighted by Gasteiger charge is -2.11. The first-order chi connectivity index (χ1) is 9.44. The Morgan fingerprint density at radius 2 is 2.25 bits per heavy atom. The van der Waals surface area contributed by atoms with Gasteiger partial charge in [-0.3, -0.25) is 5.10 Å². The predicted molar refractivity (Wildman–Crippen MR) is 79.1 cm³/mol. The Kier molecular flexibility index (Phi) is 4.59. The van der Waals surface area contributed by atoms with Crippen molar-refractivity contribution >= 4 is 21.4 Å². The van der Waals surface area contributed by atoms with Gasteiger partial charge in [0.25, 0.3) is 10.0 Å². The number of aromatic amines is 1. The average molecular weight is 314 g/mol. The molecule has 0 spiro atoms. The fourth-order valence-corrected chi connectivity index (χ4v) is 4.66. The molecule has 0 radical (unpaired) electrons. The molecule has 6 nitrogen and oxygen atoms in total. The van der Waals surface area contributed by atoms with Crippen LogP contribution in [-0.4, -0.2) is 25.7 Å². The number of H-pyrrole nitrogens is 1. The number of thiophene rings is 1. The number of aromatic nitrogens is 2. The molecule has 1 atom stereocenters. The zero-order valence-corrected chi connectivity index (χ0v) is 13.2. The molecule has 0 aliphatic carbocycles. The molecule has 2 rings (SSSR count). The van der Waals surface area contributed by atoms with Crippen molar-refractivity contribution in [1.29, 1.82) is 0 Å². The third kappa shape index (κ3) is 3.26. The van der Waals surface area contributed by atoms with Gasteiger partial charge in [-0.2, -0.15) is 5.10 Å². The highest BCUT2D eigenvalue weighted by Crippen LogP contribution is 2.27. The number of nitrogens with one attached hydrogen (secondary N) is 3. The summed E-state index contributed by atoms with van der Waals surface area (Å²) < 4.78 is 27.7. The highest BCUT2D eigenvalue weighted by molar-refractivity contribution is 7.91. The topological polar surface area (TPSA) is 86.9 Å². The van der Waals surface area contributed by atoms with Crippen LogP contribution in [0.4, 0.5) is 0 Å². The Hall–Kier alpha value is -1.22. The predicted octanol–water partition coefficient (Wildman–Crippen LogP) is 1.54. The maximum absolute atomic E-state index is 12.4. The van der Waals surface area contributed by atoms with Crippen LogP contribution < -0.4 is 10.0 Å². The summed E-state index contributed by atoms with van der Waals surface area (Å²) in [5.74, 6) is 0. The highest BCUT2D eigenvalue weighted by atomic mass is 32.2. The fraction of sp³-hybridized carbons (Fsp3) is 0.417. The summed E-state index contributed by atoms with van der Waals surface area (Å²) in [5.41, 5.74) is 1.79. The van der Waals surface area contributed by atoms with E-state index in [-0.39, 0.29) is 6.04 Å². The molecule has 0 fully saturated rings. The van der Waals surface area contributed by atoms with Gasteiger partial charge in [0.2, 0.25) is 0 Å². The van der Waals surface area contributed by atoms with Gasteiger partial charge in [0, 0.05) is 29.2 Å². The molecule has 2 aromatic rings. The van der Waals surface area contributed by atoms with Crippen LogP contribution in [0.1, 0.15) is 29.0 Å². The number of hydrogen-bond donors (Lipinski definition) is 3. The van der Waals surface area contributed by atoms with Crippen LogP contribution >= 0.6 is 11.3 Å². The standard InChI is InChI=1S/C12H18N4O2S2/c1-8-4-12(19-11(8)7-13-3)20(17,18)16-9(2)10-5-14-15-6-10/h4-6,9,13,16H,7H2,1-3H3,(H,14,15). The molecule has 8 heteroatoms. The molecular formula is C12H18N4O2S2. The van der Waals surface area contributed by atoms with Crippen molar-refractivity contribution in [1.82, 2.24) is 20.2 Å².